The van der Waals surface area contributed by atoms with Gasteiger partial charge in [0.25, 0.3) is 0 Å². The molecule has 5 atom stereocenters. The van der Waals surface area contributed by atoms with E-state index >= 15 is 0 Å². The van der Waals surface area contributed by atoms with Crippen LogP contribution in [0.25, 0.3) is 10.8 Å². The first-order valence-electron chi connectivity index (χ1n) is 9.36. The number of aliphatic hydroxyl groups excluding tert-OH is 3. The first-order chi connectivity index (χ1) is 14.0. The van der Waals surface area contributed by atoms with Gasteiger partial charge < -0.3 is 35.4 Å². The minimum absolute atomic E-state index is 0.0352. The van der Waals surface area contributed by atoms with Crippen LogP contribution in [-0.4, -0.2) is 73.7 Å². The van der Waals surface area contributed by atoms with Gasteiger partial charge in [0.15, 0.2) is 11.6 Å². The summed E-state index contributed by atoms with van der Waals surface area (Å²) in [4.78, 5) is 25.4. The Balaban J connectivity index is 2.14. The topological polar surface area (TPSA) is 165 Å². The van der Waals surface area contributed by atoms with Gasteiger partial charge in [-0.2, -0.15) is 0 Å². The Hall–Kier alpha value is -2.72. The zero-order valence-electron chi connectivity index (χ0n) is 16.7. The molecule has 9 heteroatoms. The maximum absolute atomic E-state index is 12.9. The van der Waals surface area contributed by atoms with Crippen LogP contribution in [0.4, 0.5) is 0 Å². The van der Waals surface area contributed by atoms with Crippen LogP contribution < -0.4 is 0 Å². The molecule has 0 aromatic heterocycles. The largest absolute Gasteiger partial charge is 0.508 e. The number of rotatable bonds is 5. The van der Waals surface area contributed by atoms with Gasteiger partial charge in [-0.15, -0.1) is 0 Å². The van der Waals surface area contributed by atoms with E-state index in [0.29, 0.717) is 0 Å². The lowest BCUT2D eigenvalue weighted by atomic mass is 9.75. The fraction of sp³-hybridized carbons (Fsp3) is 0.429. The molecule has 3 rings (SSSR count). The van der Waals surface area contributed by atoms with E-state index in [9.17, 15) is 40.2 Å². The summed E-state index contributed by atoms with van der Waals surface area (Å²) in [5.41, 5.74) is 0.214. The molecule has 0 spiro atoms. The summed E-state index contributed by atoms with van der Waals surface area (Å²) in [6.45, 7) is 2.66. The van der Waals surface area contributed by atoms with Crippen LogP contribution in [0.1, 0.15) is 28.4 Å². The molecule has 0 amide bonds. The van der Waals surface area contributed by atoms with Gasteiger partial charge >= 0.3 is 0 Å². The van der Waals surface area contributed by atoms with Crippen molar-refractivity contribution in [1.82, 2.24) is 0 Å². The molecule has 1 aliphatic rings. The molecule has 2 aromatic carbocycles. The van der Waals surface area contributed by atoms with Gasteiger partial charge in [0.2, 0.25) is 0 Å². The Morgan fingerprint density at radius 1 is 1.17 bits per heavy atom. The van der Waals surface area contributed by atoms with E-state index in [2.05, 4.69) is 0 Å². The molecule has 0 bridgehead atoms. The van der Waals surface area contributed by atoms with E-state index in [1.807, 2.05) is 0 Å². The average Bonchev–Trinajstić information content (AvgIpc) is 2.69. The fourth-order valence-electron chi connectivity index (χ4n) is 4.00. The van der Waals surface area contributed by atoms with Crippen LogP contribution in [0.3, 0.4) is 0 Å². The summed E-state index contributed by atoms with van der Waals surface area (Å²) in [6.07, 6.45) is -6.32. The Morgan fingerprint density at radius 3 is 2.37 bits per heavy atom. The third-order valence-corrected chi connectivity index (χ3v) is 5.73. The van der Waals surface area contributed by atoms with Crippen molar-refractivity contribution in [2.75, 3.05) is 7.11 Å². The molecule has 0 saturated carbocycles. The second-order valence-corrected chi connectivity index (χ2v) is 7.65. The van der Waals surface area contributed by atoms with Crippen molar-refractivity contribution in [3.8, 4) is 17.2 Å². The van der Waals surface area contributed by atoms with Gasteiger partial charge in [-0.3, -0.25) is 9.59 Å². The number of carbonyl (C=O) groups is 2. The van der Waals surface area contributed by atoms with E-state index in [1.54, 1.807) is 0 Å². The lowest BCUT2D eigenvalue weighted by Gasteiger charge is -2.34. The highest BCUT2D eigenvalue weighted by atomic mass is 16.5. The quantitative estimate of drug-likeness (QED) is 0.399. The van der Waals surface area contributed by atoms with Crippen molar-refractivity contribution >= 4 is 22.3 Å². The Kier molecular flexibility index (Phi) is 5.74. The molecule has 1 aliphatic carbocycles. The van der Waals surface area contributed by atoms with E-state index in [1.165, 1.54) is 33.1 Å². The van der Waals surface area contributed by atoms with Crippen molar-refractivity contribution in [1.29, 1.82) is 0 Å². The highest BCUT2D eigenvalue weighted by Gasteiger charge is 2.45. The van der Waals surface area contributed by atoms with Crippen LogP contribution in [0.2, 0.25) is 0 Å². The standard InChI is InChI=1S/C21H24O9/c1-7-12(23)6-10-4-9-5-11(21(30-3)20(29)16(25)8(2)22)17(26)19(28)14(9)18(27)13(10)15(7)24/h4,6,8,11,16-17,21-27H,5H2,1-3H3/t8-,11+,16+,17-,21-/m0/s1. The molecule has 9 nitrogen and oxygen atoms in total. The molecular formula is C21H24O9. The molecule has 30 heavy (non-hydrogen) atoms. The maximum atomic E-state index is 12.9. The molecule has 0 saturated heterocycles. The third kappa shape index (κ3) is 3.29. The molecule has 162 valence electrons. The number of aromatic hydroxyl groups is 3. The van der Waals surface area contributed by atoms with Crippen LogP contribution in [0, 0.1) is 12.8 Å². The number of hydrogen-bond donors (Lipinski definition) is 6. The average molecular weight is 420 g/mol. The number of ether oxygens (including phenoxy) is 1. The lowest BCUT2D eigenvalue weighted by Crippen LogP contribution is -2.50. The number of phenolic OH excluding ortho intramolecular Hbond substituents is 3. The van der Waals surface area contributed by atoms with Gasteiger partial charge in [-0.25, -0.2) is 0 Å². The van der Waals surface area contributed by atoms with E-state index < -0.39 is 47.6 Å². The minimum Gasteiger partial charge on any atom is -0.508 e. The number of methoxy groups -OCH3 is 1. The molecule has 0 heterocycles. The maximum Gasteiger partial charge on any atom is 0.195 e. The van der Waals surface area contributed by atoms with Crippen LogP contribution >= 0.6 is 0 Å². The van der Waals surface area contributed by atoms with Gasteiger partial charge in [-0.1, -0.05) is 0 Å². The van der Waals surface area contributed by atoms with Crippen LogP contribution in [0.15, 0.2) is 12.1 Å². The zero-order chi connectivity index (χ0) is 22.5. The van der Waals surface area contributed by atoms with Crippen molar-refractivity contribution < 1.29 is 45.0 Å². The molecule has 2 aromatic rings. The SMILES string of the molecule is CO[C@H](C(=O)[C@H](O)[C@H](C)O)[C@@H]1Cc2cc3cc(O)c(C)c(O)c3c(O)c2C(=O)[C@H]1O. The van der Waals surface area contributed by atoms with E-state index in [4.69, 9.17) is 4.74 Å². The number of benzene rings is 2. The first-order valence-corrected chi connectivity index (χ1v) is 9.36. The molecule has 6 N–H and O–H groups in total. The third-order valence-electron chi connectivity index (χ3n) is 5.73. The molecule has 0 aliphatic heterocycles. The van der Waals surface area contributed by atoms with Crippen molar-refractivity contribution in [3.05, 3.63) is 28.8 Å². The number of ketones is 2. The van der Waals surface area contributed by atoms with E-state index in [-0.39, 0.29) is 45.4 Å². The van der Waals surface area contributed by atoms with Crippen molar-refractivity contribution in [3.63, 3.8) is 0 Å². The Morgan fingerprint density at radius 2 is 1.80 bits per heavy atom. The Bertz CT molecular complexity index is 1030. The number of hydrogen-bond acceptors (Lipinski definition) is 9. The van der Waals surface area contributed by atoms with Crippen molar-refractivity contribution in [2.45, 2.75) is 44.7 Å². The Labute approximate surface area is 171 Å². The number of aliphatic hydroxyl groups is 3. The number of fused-ring (bicyclic) bond motifs is 2. The van der Waals surface area contributed by atoms with Gasteiger partial charge in [-0.05, 0) is 43.4 Å². The minimum atomic E-state index is -1.76. The van der Waals surface area contributed by atoms with Crippen molar-refractivity contribution in [2.24, 2.45) is 5.92 Å². The summed E-state index contributed by atoms with van der Waals surface area (Å²) in [6, 6.07) is 2.80. The predicted octanol–water partition coefficient (Wildman–Crippen LogP) is 0.307. The molecule has 0 fully saturated rings. The number of Topliss-reactive ketones (excluding diaryl/α,β-unsaturated/α-hetero) is 2. The lowest BCUT2D eigenvalue weighted by molar-refractivity contribution is -0.148. The van der Waals surface area contributed by atoms with Crippen LogP contribution in [-0.2, 0) is 16.0 Å². The first kappa shape index (κ1) is 22.0. The zero-order valence-corrected chi connectivity index (χ0v) is 16.7. The highest BCUT2D eigenvalue weighted by Crippen LogP contribution is 2.45. The summed E-state index contributed by atoms with van der Waals surface area (Å²) in [5, 5.41) is 61.2. The predicted molar refractivity (Wildman–Crippen MR) is 105 cm³/mol. The second-order valence-electron chi connectivity index (χ2n) is 7.65. The smallest absolute Gasteiger partial charge is 0.195 e. The number of phenols is 3. The normalized spacial score (nSPS) is 21.9. The molecule has 0 unspecified atom stereocenters. The second kappa shape index (κ2) is 7.84. The summed E-state index contributed by atoms with van der Waals surface area (Å²) < 4.78 is 5.15. The summed E-state index contributed by atoms with van der Waals surface area (Å²) in [7, 11) is 1.18. The van der Waals surface area contributed by atoms with Gasteiger partial charge in [0.1, 0.15) is 35.6 Å². The summed E-state index contributed by atoms with van der Waals surface area (Å²) >= 11 is 0. The molecule has 0 radical (unpaired) electrons. The van der Waals surface area contributed by atoms with Gasteiger partial charge in [0.05, 0.1) is 17.1 Å². The molecular weight excluding hydrogens is 396 g/mol. The van der Waals surface area contributed by atoms with Gasteiger partial charge in [0, 0.05) is 18.6 Å². The summed E-state index contributed by atoms with van der Waals surface area (Å²) in [5.74, 6) is -3.96. The number of carbonyl (C=O) groups excluding carboxylic acids is 2. The van der Waals surface area contributed by atoms with E-state index in [0.717, 1.165) is 0 Å². The monoisotopic (exact) mass is 420 g/mol. The fourth-order valence-corrected chi connectivity index (χ4v) is 4.00. The van der Waals surface area contributed by atoms with Crippen LogP contribution in [0.5, 0.6) is 17.2 Å². The highest BCUT2D eigenvalue weighted by molar-refractivity contribution is 6.11.